The van der Waals surface area contributed by atoms with E-state index >= 15 is 0 Å². The molecule has 0 spiro atoms. The number of benzene rings is 2. The van der Waals surface area contributed by atoms with E-state index in [2.05, 4.69) is 12.1 Å². The number of nitrogens with two attached hydrogens (primary N) is 1. The van der Waals surface area contributed by atoms with Crippen LogP contribution in [-0.4, -0.2) is 0 Å². The molecule has 1 unspecified atom stereocenters. The van der Waals surface area contributed by atoms with Gasteiger partial charge in [-0.05, 0) is 24.1 Å². The lowest BCUT2D eigenvalue weighted by molar-refractivity contribution is 0.494. The maximum Gasteiger partial charge on any atom is 0.134 e. The lowest BCUT2D eigenvalue weighted by Gasteiger charge is -2.08. The van der Waals surface area contributed by atoms with E-state index < -0.39 is 0 Å². The highest BCUT2D eigenvalue weighted by Gasteiger charge is 2.12. The molecular weight excluding hydrogens is 222 g/mol. The van der Waals surface area contributed by atoms with E-state index in [9.17, 15) is 0 Å². The minimum Gasteiger partial charge on any atom is -0.459 e. The van der Waals surface area contributed by atoms with Crippen LogP contribution in [0, 0.1) is 0 Å². The maximum atomic E-state index is 6.20. The first-order valence-electron chi connectivity index (χ1n) is 6.11. The van der Waals surface area contributed by atoms with Crippen LogP contribution >= 0.6 is 0 Å². The van der Waals surface area contributed by atoms with Crippen molar-refractivity contribution in [2.24, 2.45) is 5.73 Å². The van der Waals surface area contributed by atoms with E-state index in [1.54, 1.807) is 0 Å². The van der Waals surface area contributed by atoms with Gasteiger partial charge >= 0.3 is 0 Å². The quantitative estimate of drug-likeness (QED) is 0.754. The molecule has 2 aromatic carbocycles. The van der Waals surface area contributed by atoms with E-state index in [-0.39, 0.29) is 6.04 Å². The van der Waals surface area contributed by atoms with Crippen LogP contribution in [0.1, 0.15) is 17.4 Å². The highest BCUT2D eigenvalue weighted by molar-refractivity contribution is 5.77. The highest BCUT2D eigenvalue weighted by atomic mass is 16.3. The minimum atomic E-state index is -0.0974. The third-order valence-electron chi connectivity index (χ3n) is 3.11. The van der Waals surface area contributed by atoms with Crippen molar-refractivity contribution in [1.82, 2.24) is 0 Å². The Morgan fingerprint density at radius 3 is 2.44 bits per heavy atom. The van der Waals surface area contributed by atoms with Crippen molar-refractivity contribution in [2.75, 3.05) is 0 Å². The fraction of sp³-hybridized carbons (Fsp3) is 0.125. The molecule has 2 N–H and O–H groups in total. The molecule has 2 heteroatoms. The third kappa shape index (κ3) is 2.15. The van der Waals surface area contributed by atoms with Crippen LogP contribution in [0.3, 0.4) is 0 Å². The molecular formula is C16H15NO. The van der Waals surface area contributed by atoms with Crippen LogP contribution in [0.5, 0.6) is 0 Å². The summed E-state index contributed by atoms with van der Waals surface area (Å²) in [5.74, 6) is 0.847. The summed E-state index contributed by atoms with van der Waals surface area (Å²) in [6.45, 7) is 0. The Hall–Kier alpha value is -2.06. The SMILES string of the molecule is NC(Cc1ccccc1)c1cc2ccccc2o1. The molecule has 1 aromatic heterocycles. The van der Waals surface area contributed by atoms with Crippen LogP contribution in [-0.2, 0) is 6.42 Å². The number of fused-ring (bicyclic) bond motifs is 1. The first kappa shape index (κ1) is 11.1. The molecule has 0 radical (unpaired) electrons. The van der Waals surface area contributed by atoms with Crippen molar-refractivity contribution < 1.29 is 4.42 Å². The van der Waals surface area contributed by atoms with Gasteiger partial charge in [0.25, 0.3) is 0 Å². The summed E-state index contributed by atoms with van der Waals surface area (Å²) in [6.07, 6.45) is 0.792. The zero-order chi connectivity index (χ0) is 12.4. The van der Waals surface area contributed by atoms with Crippen LogP contribution in [0.2, 0.25) is 0 Å². The molecule has 0 aliphatic rings. The summed E-state index contributed by atoms with van der Waals surface area (Å²) in [7, 11) is 0. The number of furan rings is 1. The largest absolute Gasteiger partial charge is 0.459 e. The van der Waals surface area contributed by atoms with E-state index in [1.807, 2.05) is 48.5 Å². The Labute approximate surface area is 106 Å². The molecule has 1 heterocycles. The van der Waals surface area contributed by atoms with Gasteiger partial charge in [-0.25, -0.2) is 0 Å². The first-order valence-corrected chi connectivity index (χ1v) is 6.11. The molecule has 0 fully saturated rings. The van der Waals surface area contributed by atoms with Gasteiger partial charge in [0.1, 0.15) is 11.3 Å². The highest BCUT2D eigenvalue weighted by Crippen LogP contribution is 2.24. The van der Waals surface area contributed by atoms with Crippen molar-refractivity contribution in [3.63, 3.8) is 0 Å². The van der Waals surface area contributed by atoms with Gasteiger partial charge in [0.2, 0.25) is 0 Å². The standard InChI is InChI=1S/C16H15NO/c17-14(10-12-6-2-1-3-7-12)16-11-13-8-4-5-9-15(13)18-16/h1-9,11,14H,10,17H2. The molecule has 2 nitrogen and oxygen atoms in total. The van der Waals surface area contributed by atoms with Crippen LogP contribution in [0.25, 0.3) is 11.0 Å². The van der Waals surface area contributed by atoms with Gasteiger partial charge in [-0.15, -0.1) is 0 Å². The Morgan fingerprint density at radius 1 is 0.944 bits per heavy atom. The van der Waals surface area contributed by atoms with Crippen molar-refractivity contribution >= 4 is 11.0 Å². The van der Waals surface area contributed by atoms with E-state index in [4.69, 9.17) is 10.2 Å². The molecule has 0 bridgehead atoms. The van der Waals surface area contributed by atoms with Gasteiger partial charge in [-0.1, -0.05) is 48.5 Å². The number of para-hydroxylation sites is 1. The second-order valence-corrected chi connectivity index (χ2v) is 4.48. The monoisotopic (exact) mass is 237 g/mol. The molecule has 90 valence electrons. The van der Waals surface area contributed by atoms with Gasteiger partial charge in [0.15, 0.2) is 0 Å². The normalized spacial score (nSPS) is 12.7. The van der Waals surface area contributed by atoms with Crippen LogP contribution in [0.4, 0.5) is 0 Å². The molecule has 0 saturated carbocycles. The second-order valence-electron chi connectivity index (χ2n) is 4.48. The minimum absolute atomic E-state index is 0.0974. The third-order valence-corrected chi connectivity index (χ3v) is 3.11. The van der Waals surface area contributed by atoms with Crippen molar-refractivity contribution in [3.05, 3.63) is 72.0 Å². The van der Waals surface area contributed by atoms with Gasteiger partial charge in [-0.2, -0.15) is 0 Å². The average Bonchev–Trinajstić information content (AvgIpc) is 2.84. The van der Waals surface area contributed by atoms with E-state index in [0.29, 0.717) is 0 Å². The van der Waals surface area contributed by atoms with Crippen LogP contribution < -0.4 is 5.73 Å². The lowest BCUT2D eigenvalue weighted by Crippen LogP contribution is -2.12. The zero-order valence-electron chi connectivity index (χ0n) is 10.0. The van der Waals surface area contributed by atoms with E-state index in [0.717, 1.165) is 23.2 Å². The van der Waals surface area contributed by atoms with E-state index in [1.165, 1.54) is 5.56 Å². The van der Waals surface area contributed by atoms with Gasteiger partial charge in [0, 0.05) is 5.39 Å². The Kier molecular flexibility index (Phi) is 2.87. The summed E-state index contributed by atoms with van der Waals surface area (Å²) in [4.78, 5) is 0. The summed E-state index contributed by atoms with van der Waals surface area (Å²) >= 11 is 0. The predicted octanol–water partition coefficient (Wildman–Crippen LogP) is 3.68. The fourth-order valence-electron chi connectivity index (χ4n) is 2.15. The molecule has 18 heavy (non-hydrogen) atoms. The topological polar surface area (TPSA) is 39.2 Å². The molecule has 0 aliphatic carbocycles. The van der Waals surface area contributed by atoms with Gasteiger partial charge < -0.3 is 10.2 Å². The van der Waals surface area contributed by atoms with Gasteiger partial charge in [0.05, 0.1) is 6.04 Å². The summed E-state index contributed by atoms with van der Waals surface area (Å²) in [5, 5.41) is 1.11. The average molecular weight is 237 g/mol. The lowest BCUT2D eigenvalue weighted by atomic mass is 10.0. The molecule has 0 saturated heterocycles. The molecule has 0 amide bonds. The van der Waals surface area contributed by atoms with Crippen LogP contribution in [0.15, 0.2) is 65.1 Å². The van der Waals surface area contributed by atoms with Crippen molar-refractivity contribution in [3.8, 4) is 0 Å². The smallest absolute Gasteiger partial charge is 0.134 e. The Bertz CT molecular complexity index is 609. The predicted molar refractivity (Wildman–Crippen MR) is 73.3 cm³/mol. The fourth-order valence-corrected chi connectivity index (χ4v) is 2.15. The summed E-state index contributed by atoms with van der Waals surface area (Å²) in [5.41, 5.74) is 8.32. The Balaban J connectivity index is 1.86. The molecule has 0 aliphatic heterocycles. The van der Waals surface area contributed by atoms with Crippen molar-refractivity contribution in [2.45, 2.75) is 12.5 Å². The number of rotatable bonds is 3. The van der Waals surface area contributed by atoms with Gasteiger partial charge in [-0.3, -0.25) is 0 Å². The molecule has 3 aromatic rings. The Morgan fingerprint density at radius 2 is 1.67 bits per heavy atom. The molecule has 1 atom stereocenters. The summed E-state index contributed by atoms with van der Waals surface area (Å²) < 4.78 is 5.78. The second kappa shape index (κ2) is 4.67. The first-order chi connectivity index (χ1) is 8.83. The maximum absolute atomic E-state index is 6.20. The molecule has 3 rings (SSSR count). The zero-order valence-corrected chi connectivity index (χ0v) is 10.0. The van der Waals surface area contributed by atoms with Crippen molar-refractivity contribution in [1.29, 1.82) is 0 Å². The summed E-state index contributed by atoms with van der Waals surface area (Å²) in [6, 6.07) is 20.2. The number of hydrogen-bond donors (Lipinski definition) is 1. The number of hydrogen-bond acceptors (Lipinski definition) is 2.